The lowest BCUT2D eigenvalue weighted by molar-refractivity contribution is -0.116. The lowest BCUT2D eigenvalue weighted by Crippen LogP contribution is -1.96. The average molecular weight is 180 g/mol. The number of carbonyl (C=O) groups excluding carboxylic acids is 1. The molecule has 12 heavy (non-hydrogen) atoms. The third-order valence-electron chi connectivity index (χ3n) is 1.73. The topological polar surface area (TPSA) is 17.1 Å². The zero-order valence-corrected chi connectivity index (χ0v) is 8.19. The third-order valence-corrected chi connectivity index (χ3v) is 2.21. The Morgan fingerprint density at radius 2 is 2.17 bits per heavy atom. The quantitative estimate of drug-likeness (QED) is 0.692. The van der Waals surface area contributed by atoms with E-state index in [4.69, 9.17) is 0 Å². The predicted molar refractivity (Wildman–Crippen MR) is 52.8 cm³/mol. The number of Topliss-reactive ketones (excluding diaryl/α,β-unsaturated/α-hetero) is 1. The van der Waals surface area contributed by atoms with Gasteiger partial charge in [0, 0.05) is 11.3 Å². The van der Waals surface area contributed by atoms with E-state index in [9.17, 15) is 4.79 Å². The normalized spacial score (nSPS) is 9.92. The molecule has 0 unspecified atom stereocenters. The van der Waals surface area contributed by atoms with E-state index in [1.54, 1.807) is 6.92 Å². The first-order valence-electron chi connectivity index (χ1n) is 3.87. The molecule has 0 aliphatic heterocycles. The molecular weight excluding hydrogens is 168 g/mol. The van der Waals surface area contributed by atoms with Crippen LogP contribution in [0.15, 0.2) is 23.1 Å². The van der Waals surface area contributed by atoms with Crippen molar-refractivity contribution in [1.82, 2.24) is 0 Å². The third kappa shape index (κ3) is 2.38. The fourth-order valence-corrected chi connectivity index (χ4v) is 1.29. The molecule has 0 fully saturated rings. The van der Waals surface area contributed by atoms with E-state index in [0.29, 0.717) is 6.42 Å². The lowest BCUT2D eigenvalue weighted by Gasteiger charge is -2.01. The predicted octanol–water partition coefficient (Wildman–Crippen LogP) is 2.42. The molecule has 0 saturated heterocycles. The fourth-order valence-electron chi connectivity index (χ4n) is 1.05. The maximum atomic E-state index is 10.8. The molecule has 0 N–H and O–H groups in total. The van der Waals surface area contributed by atoms with Crippen molar-refractivity contribution in [2.24, 2.45) is 0 Å². The van der Waals surface area contributed by atoms with Crippen LogP contribution in [-0.2, 0) is 11.2 Å². The van der Waals surface area contributed by atoms with Crippen molar-refractivity contribution < 1.29 is 4.79 Å². The van der Waals surface area contributed by atoms with E-state index >= 15 is 0 Å². The molecule has 2 heteroatoms. The molecule has 0 aliphatic rings. The Labute approximate surface area is 78.2 Å². The van der Waals surface area contributed by atoms with Gasteiger partial charge in [-0.2, -0.15) is 0 Å². The first-order chi connectivity index (χ1) is 5.59. The van der Waals surface area contributed by atoms with Crippen molar-refractivity contribution in [3.63, 3.8) is 0 Å². The van der Waals surface area contributed by atoms with Crippen LogP contribution >= 0.6 is 12.6 Å². The average Bonchev–Trinajstić information content (AvgIpc) is 1.96. The molecule has 1 aromatic rings. The second-order valence-electron chi connectivity index (χ2n) is 3.00. The molecule has 0 bridgehead atoms. The van der Waals surface area contributed by atoms with Crippen LogP contribution in [0.25, 0.3) is 0 Å². The van der Waals surface area contributed by atoms with Gasteiger partial charge in [-0.15, -0.1) is 12.6 Å². The summed E-state index contributed by atoms with van der Waals surface area (Å²) in [5.41, 5.74) is 2.18. The molecule has 0 aromatic heterocycles. The zero-order chi connectivity index (χ0) is 9.14. The molecule has 0 amide bonds. The molecule has 64 valence electrons. The van der Waals surface area contributed by atoms with Crippen LogP contribution in [0.4, 0.5) is 0 Å². The first kappa shape index (κ1) is 9.33. The Kier molecular flexibility index (Phi) is 2.93. The highest BCUT2D eigenvalue weighted by Gasteiger charge is 1.99. The van der Waals surface area contributed by atoms with Crippen LogP contribution in [0.3, 0.4) is 0 Å². The minimum atomic E-state index is 0.187. The second kappa shape index (κ2) is 3.76. The summed E-state index contributed by atoms with van der Waals surface area (Å²) >= 11 is 4.28. The van der Waals surface area contributed by atoms with Gasteiger partial charge in [-0.3, -0.25) is 4.79 Å². The van der Waals surface area contributed by atoms with Gasteiger partial charge in [-0.25, -0.2) is 0 Å². The van der Waals surface area contributed by atoms with Gasteiger partial charge in [0.1, 0.15) is 5.78 Å². The molecule has 0 heterocycles. The molecular formula is C10H12OS. The highest BCUT2D eigenvalue weighted by atomic mass is 32.1. The molecule has 1 aromatic carbocycles. The minimum absolute atomic E-state index is 0.187. The van der Waals surface area contributed by atoms with Crippen molar-refractivity contribution in [2.75, 3.05) is 0 Å². The summed E-state index contributed by atoms with van der Waals surface area (Å²) in [7, 11) is 0. The van der Waals surface area contributed by atoms with Gasteiger partial charge >= 0.3 is 0 Å². The van der Waals surface area contributed by atoms with Gasteiger partial charge in [0.15, 0.2) is 0 Å². The van der Waals surface area contributed by atoms with Gasteiger partial charge in [0.05, 0.1) is 0 Å². The second-order valence-corrected chi connectivity index (χ2v) is 3.48. The van der Waals surface area contributed by atoms with Gasteiger partial charge in [0.2, 0.25) is 0 Å². The summed E-state index contributed by atoms with van der Waals surface area (Å²) < 4.78 is 0. The highest BCUT2D eigenvalue weighted by Crippen LogP contribution is 2.15. The molecule has 1 nitrogen and oxygen atoms in total. The maximum Gasteiger partial charge on any atom is 0.134 e. The number of aryl methyl sites for hydroxylation is 1. The Morgan fingerprint density at radius 3 is 2.67 bits per heavy atom. The van der Waals surface area contributed by atoms with Gasteiger partial charge in [0.25, 0.3) is 0 Å². The Balaban J connectivity index is 2.89. The van der Waals surface area contributed by atoms with Crippen LogP contribution < -0.4 is 0 Å². The first-order valence-corrected chi connectivity index (χ1v) is 4.32. The van der Waals surface area contributed by atoms with Gasteiger partial charge in [-0.05, 0) is 31.0 Å². The number of carbonyl (C=O) groups is 1. The van der Waals surface area contributed by atoms with Crippen LogP contribution in [0.1, 0.15) is 18.1 Å². The van der Waals surface area contributed by atoms with E-state index in [-0.39, 0.29) is 5.78 Å². The standard InChI is InChI=1S/C10H12OS/c1-7-3-4-9(5-8(2)11)6-10(7)12/h3-4,6,12H,5H2,1-2H3. The molecule has 0 saturated carbocycles. The molecule has 1 rings (SSSR count). The number of ketones is 1. The summed E-state index contributed by atoms with van der Waals surface area (Å²) in [6, 6.07) is 5.90. The van der Waals surface area contributed by atoms with Crippen LogP contribution in [0.5, 0.6) is 0 Å². The monoisotopic (exact) mass is 180 g/mol. The summed E-state index contributed by atoms with van der Waals surface area (Å²) in [6.07, 6.45) is 0.508. The van der Waals surface area contributed by atoms with Crippen molar-refractivity contribution >= 4 is 18.4 Å². The highest BCUT2D eigenvalue weighted by molar-refractivity contribution is 7.80. The van der Waals surface area contributed by atoms with E-state index in [0.717, 1.165) is 16.0 Å². The lowest BCUT2D eigenvalue weighted by atomic mass is 10.1. The number of hydrogen-bond donors (Lipinski definition) is 1. The Morgan fingerprint density at radius 1 is 1.50 bits per heavy atom. The Bertz CT molecular complexity index is 305. The van der Waals surface area contributed by atoms with Crippen LogP contribution in [-0.4, -0.2) is 5.78 Å². The van der Waals surface area contributed by atoms with Crippen LogP contribution in [0, 0.1) is 6.92 Å². The molecule has 0 aliphatic carbocycles. The van der Waals surface area contributed by atoms with Crippen molar-refractivity contribution in [3.8, 4) is 0 Å². The van der Waals surface area contributed by atoms with Gasteiger partial charge in [-0.1, -0.05) is 12.1 Å². The van der Waals surface area contributed by atoms with E-state index in [1.807, 2.05) is 25.1 Å². The van der Waals surface area contributed by atoms with E-state index in [1.165, 1.54) is 0 Å². The van der Waals surface area contributed by atoms with E-state index < -0.39 is 0 Å². The zero-order valence-electron chi connectivity index (χ0n) is 7.29. The van der Waals surface area contributed by atoms with Crippen LogP contribution in [0.2, 0.25) is 0 Å². The summed E-state index contributed by atoms with van der Waals surface area (Å²) in [5.74, 6) is 0.187. The fraction of sp³-hybridized carbons (Fsp3) is 0.300. The molecule has 0 atom stereocenters. The SMILES string of the molecule is CC(=O)Cc1ccc(C)c(S)c1. The van der Waals surface area contributed by atoms with Crippen molar-refractivity contribution in [2.45, 2.75) is 25.2 Å². The number of rotatable bonds is 2. The molecule has 0 spiro atoms. The number of thiol groups is 1. The number of hydrogen-bond acceptors (Lipinski definition) is 2. The molecule has 0 radical (unpaired) electrons. The number of benzene rings is 1. The maximum absolute atomic E-state index is 10.8. The largest absolute Gasteiger partial charge is 0.300 e. The van der Waals surface area contributed by atoms with Crippen molar-refractivity contribution in [1.29, 1.82) is 0 Å². The smallest absolute Gasteiger partial charge is 0.134 e. The summed E-state index contributed by atoms with van der Waals surface area (Å²) in [6.45, 7) is 3.60. The summed E-state index contributed by atoms with van der Waals surface area (Å²) in [4.78, 5) is 11.7. The van der Waals surface area contributed by atoms with Crippen molar-refractivity contribution in [3.05, 3.63) is 29.3 Å². The van der Waals surface area contributed by atoms with Gasteiger partial charge < -0.3 is 0 Å². The Hall–Kier alpha value is -0.760. The van der Waals surface area contributed by atoms with E-state index in [2.05, 4.69) is 12.6 Å². The summed E-state index contributed by atoms with van der Waals surface area (Å²) in [5, 5.41) is 0. The minimum Gasteiger partial charge on any atom is -0.300 e.